The molecule has 116 valence electrons. The van der Waals surface area contributed by atoms with E-state index in [9.17, 15) is 18.0 Å². The first-order valence-electron chi connectivity index (χ1n) is 6.49. The molecule has 2 aromatic heterocycles. The molecule has 0 unspecified atom stereocenters. The number of hydrogen-bond acceptors (Lipinski definition) is 4. The van der Waals surface area contributed by atoms with Gasteiger partial charge in [0.25, 0.3) is 5.91 Å². The van der Waals surface area contributed by atoms with Crippen molar-refractivity contribution >= 4 is 11.6 Å². The smallest absolute Gasteiger partial charge is 0.435 e. The minimum atomic E-state index is -4.65. The lowest BCUT2D eigenvalue weighted by Crippen LogP contribution is -2.19. The van der Waals surface area contributed by atoms with Gasteiger partial charge in [-0.25, -0.2) is 9.67 Å². The van der Waals surface area contributed by atoms with E-state index in [1.807, 2.05) is 0 Å². The summed E-state index contributed by atoms with van der Waals surface area (Å²) in [5.74, 6) is -0.317. The first-order chi connectivity index (χ1) is 10.4. The highest BCUT2D eigenvalue weighted by Crippen LogP contribution is 2.33. The molecule has 0 aromatic carbocycles. The normalized spacial score (nSPS) is 14.1. The van der Waals surface area contributed by atoms with Crippen LogP contribution in [-0.2, 0) is 12.7 Å². The van der Waals surface area contributed by atoms with Gasteiger partial charge in [-0.05, 0) is 12.1 Å². The number of alkyl halides is 3. The number of aryl methyl sites for hydroxylation is 1. The number of pyridine rings is 1. The van der Waals surface area contributed by atoms with Crippen LogP contribution in [0.4, 0.5) is 18.9 Å². The van der Waals surface area contributed by atoms with Crippen LogP contribution in [-0.4, -0.2) is 27.3 Å². The SMILES string of the molecule is O=C(Nc1cccnc1C(F)(F)F)c1cc2n(n1)CCCO2. The molecular formula is C13H11F3N4O2. The van der Waals surface area contributed by atoms with Crippen molar-refractivity contribution in [2.24, 2.45) is 0 Å². The number of nitrogens with zero attached hydrogens (tertiary/aromatic N) is 3. The van der Waals surface area contributed by atoms with Crippen molar-refractivity contribution in [3.8, 4) is 5.88 Å². The van der Waals surface area contributed by atoms with E-state index >= 15 is 0 Å². The molecule has 0 aliphatic carbocycles. The van der Waals surface area contributed by atoms with E-state index in [1.165, 1.54) is 16.8 Å². The molecule has 3 rings (SSSR count). The number of carbonyl (C=O) groups excluding carboxylic acids is 1. The van der Waals surface area contributed by atoms with Crippen molar-refractivity contribution in [3.05, 3.63) is 35.8 Å². The van der Waals surface area contributed by atoms with E-state index in [-0.39, 0.29) is 5.69 Å². The molecule has 3 heterocycles. The zero-order valence-corrected chi connectivity index (χ0v) is 11.2. The Labute approximate surface area is 122 Å². The fourth-order valence-electron chi connectivity index (χ4n) is 2.10. The lowest BCUT2D eigenvalue weighted by molar-refractivity contribution is -0.140. The van der Waals surface area contributed by atoms with E-state index in [1.54, 1.807) is 0 Å². The number of amides is 1. The maximum Gasteiger partial charge on any atom is 0.435 e. The van der Waals surface area contributed by atoms with E-state index in [2.05, 4.69) is 15.4 Å². The summed E-state index contributed by atoms with van der Waals surface area (Å²) >= 11 is 0. The number of hydrogen-bond donors (Lipinski definition) is 1. The minimum Gasteiger partial charge on any atom is -0.478 e. The Balaban J connectivity index is 1.84. The van der Waals surface area contributed by atoms with Crippen LogP contribution >= 0.6 is 0 Å². The molecule has 6 nitrogen and oxygen atoms in total. The topological polar surface area (TPSA) is 69.0 Å². The van der Waals surface area contributed by atoms with Gasteiger partial charge in [0.05, 0.1) is 12.3 Å². The van der Waals surface area contributed by atoms with Gasteiger partial charge in [0.1, 0.15) is 0 Å². The van der Waals surface area contributed by atoms with E-state index in [0.717, 1.165) is 18.7 Å². The first kappa shape index (κ1) is 14.4. The molecule has 0 radical (unpaired) electrons. The Bertz CT molecular complexity index is 688. The molecule has 0 bridgehead atoms. The molecule has 9 heteroatoms. The molecule has 1 N–H and O–H groups in total. The van der Waals surface area contributed by atoms with Crippen LogP contribution < -0.4 is 10.1 Å². The number of rotatable bonds is 2. The lowest BCUT2D eigenvalue weighted by Gasteiger charge is -2.13. The van der Waals surface area contributed by atoms with Crippen LogP contribution in [0.25, 0.3) is 0 Å². The van der Waals surface area contributed by atoms with Crippen molar-refractivity contribution in [3.63, 3.8) is 0 Å². The van der Waals surface area contributed by atoms with E-state index < -0.39 is 23.5 Å². The van der Waals surface area contributed by atoms with E-state index in [4.69, 9.17) is 4.74 Å². The molecule has 1 aliphatic heterocycles. The molecule has 2 aromatic rings. The maximum absolute atomic E-state index is 12.8. The summed E-state index contributed by atoms with van der Waals surface area (Å²) in [6.07, 6.45) is -2.88. The summed E-state index contributed by atoms with van der Waals surface area (Å²) in [4.78, 5) is 15.3. The number of carbonyl (C=O) groups is 1. The number of aromatic nitrogens is 3. The second kappa shape index (κ2) is 5.32. The maximum atomic E-state index is 12.8. The number of fused-ring (bicyclic) bond motifs is 1. The number of ether oxygens (including phenoxy) is 1. The van der Waals surface area contributed by atoms with Gasteiger partial charge in [0, 0.05) is 25.2 Å². The third-order valence-electron chi connectivity index (χ3n) is 3.06. The van der Waals surface area contributed by atoms with Crippen molar-refractivity contribution in [2.45, 2.75) is 19.1 Å². The zero-order chi connectivity index (χ0) is 15.7. The van der Waals surface area contributed by atoms with Gasteiger partial charge < -0.3 is 10.1 Å². The summed E-state index contributed by atoms with van der Waals surface area (Å²) in [6.45, 7) is 1.12. The minimum absolute atomic E-state index is 0.00567. The molecule has 0 fully saturated rings. The first-order valence-corrected chi connectivity index (χ1v) is 6.49. The van der Waals surface area contributed by atoms with Gasteiger partial charge in [-0.2, -0.15) is 18.3 Å². The predicted octanol–water partition coefficient (Wildman–Crippen LogP) is 2.33. The largest absolute Gasteiger partial charge is 0.478 e. The van der Waals surface area contributed by atoms with Gasteiger partial charge >= 0.3 is 6.18 Å². The summed E-state index contributed by atoms with van der Waals surface area (Å²) in [6, 6.07) is 3.85. The molecule has 22 heavy (non-hydrogen) atoms. The highest BCUT2D eigenvalue weighted by atomic mass is 19.4. The summed E-state index contributed by atoms with van der Waals surface area (Å²) < 4.78 is 45.3. The summed E-state index contributed by atoms with van der Waals surface area (Å²) in [7, 11) is 0. The average molecular weight is 312 g/mol. The lowest BCUT2D eigenvalue weighted by atomic mass is 10.2. The Morgan fingerprint density at radius 2 is 2.23 bits per heavy atom. The second-order valence-electron chi connectivity index (χ2n) is 4.64. The molecule has 0 saturated carbocycles. The molecule has 0 saturated heterocycles. The van der Waals surface area contributed by atoms with Gasteiger partial charge in [-0.15, -0.1) is 0 Å². The van der Waals surface area contributed by atoms with Crippen LogP contribution in [0.2, 0.25) is 0 Å². The fourth-order valence-corrected chi connectivity index (χ4v) is 2.10. The van der Waals surface area contributed by atoms with Gasteiger partial charge in [0.2, 0.25) is 5.88 Å². The molecule has 1 aliphatic rings. The van der Waals surface area contributed by atoms with Crippen LogP contribution in [0.3, 0.4) is 0 Å². The number of halogens is 3. The zero-order valence-electron chi connectivity index (χ0n) is 11.2. The fraction of sp³-hybridized carbons (Fsp3) is 0.308. The van der Waals surface area contributed by atoms with Gasteiger partial charge in [-0.1, -0.05) is 0 Å². The Morgan fingerprint density at radius 3 is 2.95 bits per heavy atom. The van der Waals surface area contributed by atoms with Crippen LogP contribution in [0, 0.1) is 0 Å². The Kier molecular flexibility index (Phi) is 3.47. The summed E-state index contributed by atoms with van der Waals surface area (Å²) in [5.41, 5.74) is -1.57. The molecule has 0 atom stereocenters. The van der Waals surface area contributed by atoms with Crippen molar-refractivity contribution < 1.29 is 22.7 Å². The number of anilines is 1. The standard InChI is InChI=1S/C13H11F3N4O2/c14-13(15,16)11-8(3-1-4-17-11)18-12(21)9-7-10-20(19-9)5-2-6-22-10/h1,3-4,7H,2,5-6H2,(H,18,21). The highest BCUT2D eigenvalue weighted by molar-refractivity contribution is 6.03. The highest BCUT2D eigenvalue weighted by Gasteiger charge is 2.36. The molecular weight excluding hydrogens is 301 g/mol. The van der Waals surface area contributed by atoms with Crippen molar-refractivity contribution in [1.82, 2.24) is 14.8 Å². The molecule has 1 amide bonds. The number of nitrogens with one attached hydrogen (secondary N) is 1. The third-order valence-corrected chi connectivity index (χ3v) is 3.06. The van der Waals surface area contributed by atoms with Gasteiger partial charge in [0.15, 0.2) is 11.4 Å². The summed E-state index contributed by atoms with van der Waals surface area (Å²) in [5, 5.41) is 6.21. The average Bonchev–Trinajstić information content (AvgIpc) is 2.90. The van der Waals surface area contributed by atoms with Gasteiger partial charge in [-0.3, -0.25) is 4.79 Å². The monoisotopic (exact) mass is 312 g/mol. The quantitative estimate of drug-likeness (QED) is 0.924. The Morgan fingerprint density at radius 1 is 1.41 bits per heavy atom. The Hall–Kier alpha value is -2.58. The predicted molar refractivity (Wildman–Crippen MR) is 69.5 cm³/mol. The van der Waals surface area contributed by atoms with Crippen molar-refractivity contribution in [1.29, 1.82) is 0 Å². The van der Waals surface area contributed by atoms with Crippen LogP contribution in [0.5, 0.6) is 5.88 Å². The van der Waals surface area contributed by atoms with Crippen LogP contribution in [0.1, 0.15) is 22.6 Å². The third kappa shape index (κ3) is 2.74. The molecule has 0 spiro atoms. The second-order valence-corrected chi connectivity index (χ2v) is 4.64. The van der Waals surface area contributed by atoms with E-state index in [0.29, 0.717) is 19.0 Å². The van der Waals surface area contributed by atoms with Crippen LogP contribution in [0.15, 0.2) is 24.4 Å². The van der Waals surface area contributed by atoms with Crippen molar-refractivity contribution in [2.75, 3.05) is 11.9 Å².